The molecule has 2 aromatic rings. The van der Waals surface area contributed by atoms with E-state index in [1.807, 2.05) is 41.3 Å². The zero-order chi connectivity index (χ0) is 17.6. The number of piperazine rings is 1. The number of amides is 1. The Morgan fingerprint density at radius 3 is 2.04 bits per heavy atom. The van der Waals surface area contributed by atoms with Gasteiger partial charge in [0.25, 0.3) is 5.91 Å². The second-order valence-electron chi connectivity index (χ2n) is 6.20. The van der Waals surface area contributed by atoms with Gasteiger partial charge in [-0.25, -0.2) is 0 Å². The van der Waals surface area contributed by atoms with E-state index in [4.69, 9.17) is 0 Å². The lowest BCUT2D eigenvalue weighted by Gasteiger charge is -2.35. The minimum Gasteiger partial charge on any atom is -0.378 e. The van der Waals surface area contributed by atoms with E-state index < -0.39 is 6.10 Å². The van der Waals surface area contributed by atoms with Crippen molar-refractivity contribution in [3.05, 3.63) is 71.8 Å². The van der Waals surface area contributed by atoms with Crippen LogP contribution in [0.3, 0.4) is 0 Å². The van der Waals surface area contributed by atoms with E-state index in [9.17, 15) is 14.7 Å². The van der Waals surface area contributed by atoms with Crippen LogP contribution in [0.2, 0.25) is 0 Å². The number of hydrogen-bond donors (Lipinski definition) is 1. The quantitative estimate of drug-likeness (QED) is 0.844. The summed E-state index contributed by atoms with van der Waals surface area (Å²) in [5.74, 6) is -0.190. The second-order valence-corrected chi connectivity index (χ2v) is 6.20. The van der Waals surface area contributed by atoms with Gasteiger partial charge in [0.15, 0.2) is 11.9 Å². The van der Waals surface area contributed by atoms with Crippen LogP contribution in [-0.2, 0) is 4.79 Å². The van der Waals surface area contributed by atoms with Crippen molar-refractivity contribution in [2.75, 3.05) is 32.7 Å². The molecule has 1 atom stereocenters. The van der Waals surface area contributed by atoms with E-state index >= 15 is 0 Å². The van der Waals surface area contributed by atoms with Crippen LogP contribution >= 0.6 is 0 Å². The number of ketones is 1. The molecule has 25 heavy (non-hydrogen) atoms. The second kappa shape index (κ2) is 8.05. The average Bonchev–Trinajstić information content (AvgIpc) is 2.69. The standard InChI is InChI=1S/C20H22N2O3/c23-18(16-7-3-1-4-8-16)15-21-11-13-22(14-12-21)20(25)19(24)17-9-5-2-6-10-17/h1-10,19,24H,11-15H2. The Labute approximate surface area is 147 Å². The van der Waals surface area contributed by atoms with Crippen LogP contribution in [0.5, 0.6) is 0 Å². The molecule has 130 valence electrons. The topological polar surface area (TPSA) is 60.9 Å². The highest BCUT2D eigenvalue weighted by molar-refractivity contribution is 5.97. The third-order valence-electron chi connectivity index (χ3n) is 4.50. The van der Waals surface area contributed by atoms with Crippen LogP contribution in [0.1, 0.15) is 22.0 Å². The highest BCUT2D eigenvalue weighted by atomic mass is 16.3. The normalized spacial score (nSPS) is 16.4. The van der Waals surface area contributed by atoms with Crippen LogP contribution < -0.4 is 0 Å². The van der Waals surface area contributed by atoms with E-state index in [1.165, 1.54) is 0 Å². The molecule has 2 aromatic carbocycles. The fourth-order valence-electron chi connectivity index (χ4n) is 3.00. The number of carbonyl (C=O) groups excluding carboxylic acids is 2. The van der Waals surface area contributed by atoms with Gasteiger partial charge in [0.1, 0.15) is 0 Å². The largest absolute Gasteiger partial charge is 0.378 e. The molecule has 0 spiro atoms. The highest BCUT2D eigenvalue weighted by Crippen LogP contribution is 2.16. The molecular formula is C20H22N2O3. The van der Waals surface area contributed by atoms with Crippen molar-refractivity contribution in [3.8, 4) is 0 Å². The van der Waals surface area contributed by atoms with Gasteiger partial charge in [-0.1, -0.05) is 60.7 Å². The Kier molecular flexibility index (Phi) is 5.58. The fourth-order valence-corrected chi connectivity index (χ4v) is 3.00. The zero-order valence-electron chi connectivity index (χ0n) is 14.0. The molecular weight excluding hydrogens is 316 g/mol. The van der Waals surface area contributed by atoms with Crippen molar-refractivity contribution in [1.82, 2.24) is 9.80 Å². The van der Waals surface area contributed by atoms with E-state index in [1.54, 1.807) is 29.2 Å². The Morgan fingerprint density at radius 1 is 0.880 bits per heavy atom. The molecule has 0 aliphatic carbocycles. The average molecular weight is 338 g/mol. The Bertz CT molecular complexity index is 710. The summed E-state index contributed by atoms with van der Waals surface area (Å²) in [6, 6.07) is 18.2. The number of Topliss-reactive ketones (excluding diaryl/α,β-unsaturated/α-hetero) is 1. The van der Waals surface area contributed by atoms with Gasteiger partial charge in [0.05, 0.1) is 6.54 Å². The molecule has 0 bridgehead atoms. The number of rotatable bonds is 5. The van der Waals surface area contributed by atoms with Crippen LogP contribution in [0.25, 0.3) is 0 Å². The molecule has 1 aliphatic heterocycles. The number of carbonyl (C=O) groups is 2. The van der Waals surface area contributed by atoms with E-state index in [-0.39, 0.29) is 11.7 Å². The SMILES string of the molecule is O=C(CN1CCN(C(=O)C(O)c2ccccc2)CC1)c1ccccc1. The van der Waals surface area contributed by atoms with Gasteiger partial charge in [0, 0.05) is 31.7 Å². The third-order valence-corrected chi connectivity index (χ3v) is 4.50. The van der Waals surface area contributed by atoms with Crippen molar-refractivity contribution in [1.29, 1.82) is 0 Å². The first-order chi connectivity index (χ1) is 12.1. The molecule has 0 aromatic heterocycles. The van der Waals surface area contributed by atoms with Crippen molar-refractivity contribution in [3.63, 3.8) is 0 Å². The number of nitrogens with zero attached hydrogens (tertiary/aromatic N) is 2. The van der Waals surface area contributed by atoms with Crippen LogP contribution in [-0.4, -0.2) is 59.3 Å². The Hall–Kier alpha value is -2.50. The molecule has 5 heteroatoms. The summed E-state index contributed by atoms with van der Waals surface area (Å²) in [6.45, 7) is 2.65. The van der Waals surface area contributed by atoms with E-state index in [0.29, 0.717) is 43.9 Å². The lowest BCUT2D eigenvalue weighted by atomic mass is 10.1. The summed E-state index contributed by atoms with van der Waals surface area (Å²) in [4.78, 5) is 28.4. The first-order valence-corrected chi connectivity index (χ1v) is 8.47. The fraction of sp³-hybridized carbons (Fsp3) is 0.300. The molecule has 1 saturated heterocycles. The number of aliphatic hydroxyl groups is 1. The van der Waals surface area contributed by atoms with Crippen molar-refractivity contribution < 1.29 is 14.7 Å². The third kappa shape index (κ3) is 4.32. The van der Waals surface area contributed by atoms with Gasteiger partial charge in [-0.3, -0.25) is 14.5 Å². The summed E-state index contributed by atoms with van der Waals surface area (Å²) >= 11 is 0. The van der Waals surface area contributed by atoms with Crippen LogP contribution in [0.15, 0.2) is 60.7 Å². The highest BCUT2D eigenvalue weighted by Gasteiger charge is 2.27. The van der Waals surface area contributed by atoms with Crippen LogP contribution in [0, 0.1) is 0 Å². The molecule has 5 nitrogen and oxygen atoms in total. The van der Waals surface area contributed by atoms with Gasteiger partial charge in [0.2, 0.25) is 0 Å². The van der Waals surface area contributed by atoms with Gasteiger partial charge in [-0.05, 0) is 5.56 Å². The predicted molar refractivity (Wildman–Crippen MR) is 95.2 cm³/mol. The summed E-state index contributed by atoms with van der Waals surface area (Å²) in [7, 11) is 0. The van der Waals surface area contributed by atoms with Crippen molar-refractivity contribution in [2.24, 2.45) is 0 Å². The van der Waals surface area contributed by atoms with Crippen LogP contribution in [0.4, 0.5) is 0 Å². The maximum atomic E-state index is 12.4. The molecule has 3 rings (SSSR count). The summed E-state index contributed by atoms with van der Waals surface area (Å²) in [6.07, 6.45) is -1.13. The first-order valence-electron chi connectivity index (χ1n) is 8.47. The van der Waals surface area contributed by atoms with E-state index in [2.05, 4.69) is 0 Å². The molecule has 1 amide bonds. The maximum absolute atomic E-state index is 12.4. The molecule has 1 fully saturated rings. The molecule has 1 N–H and O–H groups in total. The number of benzene rings is 2. The van der Waals surface area contributed by atoms with E-state index in [0.717, 1.165) is 0 Å². The molecule has 0 saturated carbocycles. The predicted octanol–water partition coefficient (Wildman–Crippen LogP) is 1.75. The maximum Gasteiger partial charge on any atom is 0.256 e. The molecule has 0 radical (unpaired) electrons. The van der Waals surface area contributed by atoms with Gasteiger partial charge < -0.3 is 10.0 Å². The van der Waals surface area contributed by atoms with Crippen molar-refractivity contribution >= 4 is 11.7 Å². The minimum atomic E-state index is -1.13. The monoisotopic (exact) mass is 338 g/mol. The Morgan fingerprint density at radius 2 is 1.44 bits per heavy atom. The smallest absolute Gasteiger partial charge is 0.256 e. The number of aliphatic hydroxyl groups excluding tert-OH is 1. The first kappa shape index (κ1) is 17.3. The summed E-state index contributed by atoms with van der Waals surface area (Å²) in [5, 5.41) is 10.2. The molecule has 1 unspecified atom stereocenters. The molecule has 1 aliphatic rings. The Balaban J connectivity index is 1.51. The lowest BCUT2D eigenvalue weighted by Crippen LogP contribution is -2.51. The zero-order valence-corrected chi connectivity index (χ0v) is 14.0. The van der Waals surface area contributed by atoms with Gasteiger partial charge in [-0.15, -0.1) is 0 Å². The van der Waals surface area contributed by atoms with Crippen molar-refractivity contribution in [2.45, 2.75) is 6.10 Å². The lowest BCUT2D eigenvalue weighted by molar-refractivity contribution is -0.142. The van der Waals surface area contributed by atoms with Gasteiger partial charge in [-0.2, -0.15) is 0 Å². The molecule has 1 heterocycles. The summed E-state index contributed by atoms with van der Waals surface area (Å²) in [5.41, 5.74) is 1.31. The minimum absolute atomic E-state index is 0.0877. The number of hydrogen-bond acceptors (Lipinski definition) is 4. The van der Waals surface area contributed by atoms with Gasteiger partial charge >= 0.3 is 0 Å². The summed E-state index contributed by atoms with van der Waals surface area (Å²) < 4.78 is 0.